The molecule has 0 N–H and O–H groups in total. The molecule has 3 aliphatic carbocycles. The Bertz CT molecular complexity index is 483. The topological polar surface area (TPSA) is 0 Å². The highest BCUT2D eigenvalue weighted by molar-refractivity contribution is 7.03. The van der Waals surface area contributed by atoms with Crippen molar-refractivity contribution in [2.45, 2.75) is 191 Å². The highest BCUT2D eigenvalue weighted by Gasteiger charge is 2.55. The van der Waals surface area contributed by atoms with Gasteiger partial charge in [0, 0.05) is 0 Å². The van der Waals surface area contributed by atoms with E-state index >= 15 is 0 Å². The van der Waals surface area contributed by atoms with Crippen LogP contribution in [0.4, 0.5) is 0 Å². The average Bonchev–Trinajstić information content (AvgIpc) is 3.60. The fraction of sp³-hybridized carbons (Fsp3) is 1.00. The SMILES string of the molecule is CC1(BBC2(C3(C)CCCCCCCCCCCCC3)CC2)CCCCCCCCCCC1. The second-order valence-corrected chi connectivity index (χ2v) is 13.7. The molecule has 0 aromatic heterocycles. The largest absolute Gasteiger partial charge is 0.0959 e. The van der Waals surface area contributed by atoms with Crippen molar-refractivity contribution in [3.63, 3.8) is 0 Å². The molecule has 0 nitrogen and oxygen atoms in total. The minimum Gasteiger partial charge on any atom is -0.0673 e. The molecule has 33 heavy (non-hydrogen) atoms. The van der Waals surface area contributed by atoms with Gasteiger partial charge in [-0.3, -0.25) is 0 Å². The van der Waals surface area contributed by atoms with E-state index in [0.29, 0.717) is 10.7 Å². The average molecular weight is 454 g/mol. The first-order valence-corrected chi connectivity index (χ1v) is 16.1. The molecule has 2 heteroatoms. The molecular weight excluding hydrogens is 394 g/mol. The van der Waals surface area contributed by atoms with E-state index in [4.69, 9.17) is 0 Å². The summed E-state index contributed by atoms with van der Waals surface area (Å²) >= 11 is 0. The Morgan fingerprint density at radius 3 is 0.970 bits per heavy atom. The predicted molar refractivity (Wildman–Crippen MR) is 154 cm³/mol. The predicted octanol–water partition coefficient (Wildman–Crippen LogP) is 10.3. The van der Waals surface area contributed by atoms with Crippen LogP contribution in [0, 0.1) is 5.41 Å². The number of hydrogen-bond donors (Lipinski definition) is 0. The molecule has 0 spiro atoms. The summed E-state index contributed by atoms with van der Waals surface area (Å²) in [5.41, 5.74) is 0.638. The summed E-state index contributed by atoms with van der Waals surface area (Å²) in [5, 5.41) is 1.35. The highest BCUT2D eigenvalue weighted by atomic mass is 14.5. The van der Waals surface area contributed by atoms with Gasteiger partial charge in [-0.2, -0.15) is 0 Å². The van der Waals surface area contributed by atoms with Crippen molar-refractivity contribution in [2.24, 2.45) is 5.41 Å². The van der Waals surface area contributed by atoms with Gasteiger partial charge in [-0.25, -0.2) is 0 Å². The molecule has 3 fully saturated rings. The standard InChI is InChI=1S/C31H60B2/c1-29(23-19-15-11-7-4-3-5-8-12-16-20-24-29)31(27-28-31)33-32-30(2)25-21-17-13-9-6-10-14-18-22-26-30/h32-33H,3-28H2,1-2H3. The van der Waals surface area contributed by atoms with Crippen molar-refractivity contribution in [3.05, 3.63) is 0 Å². The van der Waals surface area contributed by atoms with Crippen LogP contribution in [-0.2, 0) is 0 Å². The first-order valence-electron chi connectivity index (χ1n) is 16.1. The molecule has 190 valence electrons. The zero-order valence-electron chi connectivity index (χ0n) is 23.3. The van der Waals surface area contributed by atoms with Gasteiger partial charge < -0.3 is 0 Å². The second-order valence-electron chi connectivity index (χ2n) is 13.7. The van der Waals surface area contributed by atoms with Gasteiger partial charge in [-0.15, -0.1) is 0 Å². The summed E-state index contributed by atoms with van der Waals surface area (Å²) in [4.78, 5) is 0. The smallest absolute Gasteiger partial charge is 0.0673 e. The second kappa shape index (κ2) is 14.6. The quantitative estimate of drug-likeness (QED) is 0.371. The van der Waals surface area contributed by atoms with Gasteiger partial charge in [-0.05, 0) is 18.3 Å². The summed E-state index contributed by atoms with van der Waals surface area (Å²) < 4.78 is 0. The van der Waals surface area contributed by atoms with E-state index in [0.717, 1.165) is 5.31 Å². The van der Waals surface area contributed by atoms with Crippen molar-refractivity contribution in [1.82, 2.24) is 0 Å². The third kappa shape index (κ3) is 9.60. The lowest BCUT2D eigenvalue weighted by Crippen LogP contribution is -2.35. The van der Waals surface area contributed by atoms with Crippen molar-refractivity contribution in [1.29, 1.82) is 0 Å². The summed E-state index contributed by atoms with van der Waals surface area (Å²) in [7, 11) is 3.09. The van der Waals surface area contributed by atoms with Crippen LogP contribution in [-0.4, -0.2) is 14.3 Å². The van der Waals surface area contributed by atoms with Crippen LogP contribution >= 0.6 is 0 Å². The van der Waals surface area contributed by atoms with Crippen LogP contribution in [0.3, 0.4) is 0 Å². The van der Waals surface area contributed by atoms with E-state index in [-0.39, 0.29) is 0 Å². The van der Waals surface area contributed by atoms with E-state index in [2.05, 4.69) is 13.8 Å². The molecule has 0 radical (unpaired) electrons. The third-order valence-electron chi connectivity index (χ3n) is 10.9. The molecule has 3 aliphatic rings. The maximum absolute atomic E-state index is 2.76. The first-order chi connectivity index (χ1) is 16.1. The Labute approximate surface area is 211 Å². The molecule has 0 aromatic rings. The number of rotatable bonds is 4. The van der Waals surface area contributed by atoms with Gasteiger partial charge >= 0.3 is 0 Å². The zero-order valence-corrected chi connectivity index (χ0v) is 23.3. The Balaban J connectivity index is 1.56. The molecule has 0 amide bonds. The van der Waals surface area contributed by atoms with Crippen molar-refractivity contribution < 1.29 is 0 Å². The maximum Gasteiger partial charge on any atom is 0.0959 e. The number of hydrogen-bond acceptors (Lipinski definition) is 0. The summed E-state index contributed by atoms with van der Waals surface area (Å²) in [6.45, 7) is 5.46. The van der Waals surface area contributed by atoms with Gasteiger partial charge in [0.2, 0.25) is 0 Å². The summed E-state index contributed by atoms with van der Waals surface area (Å²) in [6.07, 6.45) is 39.2. The van der Waals surface area contributed by atoms with E-state index in [1.165, 1.54) is 161 Å². The fourth-order valence-corrected chi connectivity index (χ4v) is 7.84. The molecule has 3 saturated carbocycles. The van der Waals surface area contributed by atoms with Gasteiger partial charge in [0.15, 0.2) is 0 Å². The fourth-order valence-electron chi connectivity index (χ4n) is 7.84. The molecule has 0 aromatic carbocycles. The lowest BCUT2D eigenvalue weighted by atomic mass is 9.20. The highest BCUT2D eigenvalue weighted by Crippen LogP contribution is 2.68. The van der Waals surface area contributed by atoms with Crippen molar-refractivity contribution in [2.75, 3.05) is 0 Å². The Hall–Kier alpha value is 0.130. The third-order valence-corrected chi connectivity index (χ3v) is 10.9. The van der Waals surface area contributed by atoms with Gasteiger partial charge in [0.05, 0.1) is 14.3 Å². The molecule has 0 bridgehead atoms. The molecule has 0 saturated heterocycles. The summed E-state index contributed by atoms with van der Waals surface area (Å²) in [5.74, 6) is 0. The Morgan fingerprint density at radius 2 is 0.636 bits per heavy atom. The monoisotopic (exact) mass is 454 g/mol. The van der Waals surface area contributed by atoms with Crippen LogP contribution in [0.1, 0.15) is 181 Å². The molecule has 0 atom stereocenters. The molecule has 0 heterocycles. The van der Waals surface area contributed by atoms with E-state index < -0.39 is 0 Å². The molecule has 3 rings (SSSR count). The van der Waals surface area contributed by atoms with Crippen LogP contribution in [0.25, 0.3) is 0 Å². The van der Waals surface area contributed by atoms with E-state index in [9.17, 15) is 0 Å². The van der Waals surface area contributed by atoms with E-state index in [1.54, 1.807) is 20.0 Å². The lowest BCUT2D eigenvalue weighted by molar-refractivity contribution is 0.219. The van der Waals surface area contributed by atoms with E-state index in [1.807, 2.05) is 0 Å². The summed E-state index contributed by atoms with van der Waals surface area (Å²) in [6, 6.07) is 0. The van der Waals surface area contributed by atoms with Crippen LogP contribution in [0.5, 0.6) is 0 Å². The molecule has 0 aliphatic heterocycles. The van der Waals surface area contributed by atoms with Crippen molar-refractivity contribution in [3.8, 4) is 0 Å². The molecule has 0 unspecified atom stereocenters. The Morgan fingerprint density at radius 1 is 0.333 bits per heavy atom. The van der Waals surface area contributed by atoms with Gasteiger partial charge in [-0.1, -0.05) is 179 Å². The van der Waals surface area contributed by atoms with Crippen molar-refractivity contribution >= 4 is 14.3 Å². The van der Waals surface area contributed by atoms with Gasteiger partial charge in [0.1, 0.15) is 0 Å². The van der Waals surface area contributed by atoms with Crippen LogP contribution in [0.15, 0.2) is 0 Å². The van der Waals surface area contributed by atoms with Crippen LogP contribution < -0.4 is 0 Å². The Kier molecular flexibility index (Phi) is 12.3. The minimum atomic E-state index is 0.632. The van der Waals surface area contributed by atoms with Crippen LogP contribution in [0.2, 0.25) is 10.6 Å². The lowest BCUT2D eigenvalue weighted by Gasteiger charge is -2.41. The van der Waals surface area contributed by atoms with Gasteiger partial charge in [0.25, 0.3) is 0 Å². The molecular formula is C31H60B2. The maximum atomic E-state index is 2.76. The first kappa shape index (κ1) is 27.7. The normalized spacial score (nSPS) is 28.3. The zero-order chi connectivity index (χ0) is 23.3. The minimum absolute atomic E-state index is 0.632.